The molecule has 0 aromatic carbocycles. The average Bonchev–Trinajstić information content (AvgIpc) is 2.68. The van der Waals surface area contributed by atoms with Crippen LogP contribution in [0.15, 0.2) is 23.0 Å². The average molecular weight is 369 g/mol. The van der Waals surface area contributed by atoms with Gasteiger partial charge in [-0.25, -0.2) is 4.68 Å². The molecule has 8 nitrogen and oxygen atoms in total. The van der Waals surface area contributed by atoms with Crippen molar-refractivity contribution in [2.24, 2.45) is 0 Å². The number of hydrogen-bond donors (Lipinski definition) is 0. The Morgan fingerprint density at radius 1 is 1.04 bits per heavy atom. The second kappa shape index (κ2) is 7.74. The van der Waals surface area contributed by atoms with Crippen molar-refractivity contribution in [3.63, 3.8) is 0 Å². The van der Waals surface area contributed by atoms with Crippen molar-refractivity contribution in [2.45, 2.75) is 26.4 Å². The van der Waals surface area contributed by atoms with E-state index in [2.05, 4.69) is 43.1 Å². The summed E-state index contributed by atoms with van der Waals surface area (Å²) in [5.74, 6) is 0.986. The van der Waals surface area contributed by atoms with Crippen molar-refractivity contribution in [3.05, 3.63) is 45.5 Å². The van der Waals surface area contributed by atoms with Gasteiger partial charge in [-0.3, -0.25) is 9.69 Å². The number of hydrogen-bond acceptors (Lipinski definition) is 7. The zero-order chi connectivity index (χ0) is 18.8. The highest BCUT2D eigenvalue weighted by Crippen LogP contribution is 2.20. The van der Waals surface area contributed by atoms with Crippen LogP contribution in [0.3, 0.4) is 0 Å². The van der Waals surface area contributed by atoms with Gasteiger partial charge in [0, 0.05) is 58.3 Å². The lowest BCUT2D eigenvalue weighted by Gasteiger charge is -2.35. The first-order chi connectivity index (χ1) is 13.1. The number of piperazine rings is 1. The highest BCUT2D eigenvalue weighted by Gasteiger charge is 2.21. The fourth-order valence-corrected chi connectivity index (χ4v) is 3.76. The number of anilines is 1. The number of fused-ring (bicyclic) bond motifs is 1. The zero-order valence-electron chi connectivity index (χ0n) is 16.1. The molecule has 0 saturated carbocycles. The van der Waals surface area contributed by atoms with Crippen LogP contribution in [0.1, 0.15) is 17.0 Å². The summed E-state index contributed by atoms with van der Waals surface area (Å²) in [5, 5.41) is 13.2. The largest absolute Gasteiger partial charge is 0.353 e. The Morgan fingerprint density at radius 3 is 2.67 bits per heavy atom. The Balaban J connectivity index is 1.33. The lowest BCUT2D eigenvalue weighted by atomic mass is 10.1. The first kappa shape index (κ1) is 18.1. The molecule has 144 valence electrons. The first-order valence-corrected chi connectivity index (χ1v) is 9.64. The van der Waals surface area contributed by atoms with Gasteiger partial charge in [0.15, 0.2) is 5.82 Å². The van der Waals surface area contributed by atoms with Gasteiger partial charge in [-0.2, -0.15) is 10.2 Å². The van der Waals surface area contributed by atoms with E-state index in [-0.39, 0.29) is 5.56 Å². The molecule has 0 aliphatic carbocycles. The summed E-state index contributed by atoms with van der Waals surface area (Å²) in [6.45, 7) is 9.16. The SMILES string of the molecule is Cc1ccc(=O)n(CCN2CCN(c3cc4c(nn3)CCN(C)C4)CC2)n1. The number of likely N-dealkylation sites (N-methyl/N-ethyl adjacent to an activating group) is 1. The summed E-state index contributed by atoms with van der Waals surface area (Å²) < 4.78 is 1.56. The third-order valence-electron chi connectivity index (χ3n) is 5.44. The Hall–Kier alpha value is -2.32. The minimum absolute atomic E-state index is 0.0338. The molecule has 0 N–H and O–H groups in total. The lowest BCUT2D eigenvalue weighted by Crippen LogP contribution is -2.48. The van der Waals surface area contributed by atoms with E-state index in [1.54, 1.807) is 16.8 Å². The Morgan fingerprint density at radius 2 is 1.85 bits per heavy atom. The Kier molecular flexibility index (Phi) is 5.18. The molecule has 2 aliphatic rings. The second-order valence-corrected chi connectivity index (χ2v) is 7.53. The minimum atomic E-state index is -0.0338. The highest BCUT2D eigenvalue weighted by molar-refractivity contribution is 5.42. The standard InChI is InChI=1S/C19H27N7O/c1-15-3-4-19(27)26(22-15)12-9-24-7-10-25(11-8-24)18-13-16-14-23(2)6-5-17(16)20-21-18/h3-4,13H,5-12,14H2,1-2H3. The van der Waals surface area contributed by atoms with Crippen LogP contribution in [0.25, 0.3) is 0 Å². The van der Waals surface area contributed by atoms with E-state index in [0.717, 1.165) is 69.4 Å². The molecule has 0 amide bonds. The lowest BCUT2D eigenvalue weighted by molar-refractivity contribution is 0.241. The molecule has 8 heteroatoms. The third kappa shape index (κ3) is 4.17. The molecule has 0 atom stereocenters. The van der Waals surface area contributed by atoms with Gasteiger partial charge in [0.1, 0.15) is 0 Å². The molecule has 27 heavy (non-hydrogen) atoms. The van der Waals surface area contributed by atoms with E-state index in [4.69, 9.17) is 0 Å². The van der Waals surface area contributed by atoms with Crippen LogP contribution in [0.2, 0.25) is 0 Å². The van der Waals surface area contributed by atoms with Crippen LogP contribution >= 0.6 is 0 Å². The van der Waals surface area contributed by atoms with Gasteiger partial charge in [-0.15, -0.1) is 5.10 Å². The van der Waals surface area contributed by atoms with Gasteiger partial charge in [0.25, 0.3) is 5.56 Å². The fraction of sp³-hybridized carbons (Fsp3) is 0.579. The predicted molar refractivity (Wildman–Crippen MR) is 104 cm³/mol. The Labute approximate surface area is 159 Å². The van der Waals surface area contributed by atoms with E-state index in [1.165, 1.54) is 5.56 Å². The number of nitrogens with zero attached hydrogens (tertiary/aromatic N) is 7. The minimum Gasteiger partial charge on any atom is -0.353 e. The van der Waals surface area contributed by atoms with Crippen LogP contribution in [0, 0.1) is 6.92 Å². The molecule has 1 fully saturated rings. The molecule has 1 saturated heterocycles. The molecule has 4 rings (SSSR count). The van der Waals surface area contributed by atoms with Crippen LogP contribution in [-0.2, 0) is 19.5 Å². The van der Waals surface area contributed by atoms with Gasteiger partial charge in [0.05, 0.1) is 17.9 Å². The maximum absolute atomic E-state index is 11.9. The zero-order valence-corrected chi connectivity index (χ0v) is 16.1. The second-order valence-electron chi connectivity index (χ2n) is 7.53. The highest BCUT2D eigenvalue weighted by atomic mass is 16.1. The van der Waals surface area contributed by atoms with Crippen molar-refractivity contribution in [1.82, 2.24) is 29.8 Å². The molecule has 2 aliphatic heterocycles. The van der Waals surface area contributed by atoms with E-state index in [9.17, 15) is 4.79 Å². The fourth-order valence-electron chi connectivity index (χ4n) is 3.76. The Bertz CT molecular complexity index is 857. The number of rotatable bonds is 4. The summed E-state index contributed by atoms with van der Waals surface area (Å²) in [6.07, 6.45) is 0.985. The molecule has 0 unspecified atom stereocenters. The maximum atomic E-state index is 11.9. The predicted octanol–water partition coefficient (Wildman–Crippen LogP) is 0.152. The molecule has 0 radical (unpaired) electrons. The first-order valence-electron chi connectivity index (χ1n) is 9.64. The summed E-state index contributed by atoms with van der Waals surface area (Å²) in [6, 6.07) is 5.56. The van der Waals surface area contributed by atoms with E-state index in [1.807, 2.05) is 6.92 Å². The normalized spacial score (nSPS) is 18.5. The molecule has 0 spiro atoms. The van der Waals surface area contributed by atoms with Gasteiger partial charge < -0.3 is 9.80 Å². The quantitative estimate of drug-likeness (QED) is 0.760. The number of aryl methyl sites for hydroxylation is 1. The monoisotopic (exact) mass is 369 g/mol. The van der Waals surface area contributed by atoms with Crippen LogP contribution < -0.4 is 10.5 Å². The van der Waals surface area contributed by atoms with Crippen molar-refractivity contribution in [2.75, 3.05) is 51.2 Å². The van der Waals surface area contributed by atoms with Gasteiger partial charge in [-0.1, -0.05) is 0 Å². The number of aromatic nitrogens is 4. The summed E-state index contributed by atoms with van der Waals surface area (Å²) in [5.41, 5.74) is 3.29. The van der Waals surface area contributed by atoms with Gasteiger partial charge >= 0.3 is 0 Å². The molecule has 0 bridgehead atoms. The van der Waals surface area contributed by atoms with Crippen molar-refractivity contribution in [1.29, 1.82) is 0 Å². The maximum Gasteiger partial charge on any atom is 0.266 e. The van der Waals surface area contributed by atoms with Crippen LogP contribution in [-0.4, -0.2) is 76.1 Å². The third-order valence-corrected chi connectivity index (χ3v) is 5.44. The topological polar surface area (TPSA) is 70.4 Å². The van der Waals surface area contributed by atoms with Gasteiger partial charge in [0.2, 0.25) is 0 Å². The molecular weight excluding hydrogens is 342 g/mol. The smallest absolute Gasteiger partial charge is 0.266 e. The van der Waals surface area contributed by atoms with E-state index >= 15 is 0 Å². The summed E-state index contributed by atoms with van der Waals surface area (Å²) in [7, 11) is 2.15. The van der Waals surface area contributed by atoms with Gasteiger partial charge in [-0.05, 0) is 31.7 Å². The molecule has 2 aromatic heterocycles. The van der Waals surface area contributed by atoms with Crippen molar-refractivity contribution in [3.8, 4) is 0 Å². The molecule has 2 aromatic rings. The van der Waals surface area contributed by atoms with Crippen molar-refractivity contribution >= 4 is 5.82 Å². The van der Waals surface area contributed by atoms with Crippen LogP contribution in [0.4, 0.5) is 5.82 Å². The van der Waals surface area contributed by atoms with E-state index in [0.29, 0.717) is 6.54 Å². The molecule has 4 heterocycles. The van der Waals surface area contributed by atoms with Crippen molar-refractivity contribution < 1.29 is 0 Å². The summed E-state index contributed by atoms with van der Waals surface area (Å²) in [4.78, 5) is 18.9. The van der Waals surface area contributed by atoms with E-state index < -0.39 is 0 Å². The summed E-state index contributed by atoms with van der Waals surface area (Å²) >= 11 is 0. The molecular formula is C19H27N7O. The van der Waals surface area contributed by atoms with Crippen LogP contribution in [0.5, 0.6) is 0 Å².